The zero-order valence-electron chi connectivity index (χ0n) is 19.1. The number of carbonyl (C=O) groups excluding carboxylic acids is 1. The van der Waals surface area contributed by atoms with Crippen LogP contribution in [0, 0.1) is 0 Å². The fourth-order valence-corrected chi connectivity index (χ4v) is 4.19. The number of amides is 1. The van der Waals surface area contributed by atoms with Crippen LogP contribution in [0.25, 0.3) is 0 Å². The standard InChI is InChI=1S/C23H30ClN5O4/c1-3-32-19-14-18(28-9-11-31-12-10-28)20(33-4-2)13-17(19)26-22(30)21-16(24)15-25-23(27-21)29-7-5-6-8-29/h13-15H,3-12H2,1-2H3,(H,26,30). The summed E-state index contributed by atoms with van der Waals surface area (Å²) < 4.78 is 17.3. The van der Waals surface area contributed by atoms with E-state index in [1.165, 1.54) is 6.20 Å². The molecular formula is C23H30ClN5O4. The van der Waals surface area contributed by atoms with Gasteiger partial charge >= 0.3 is 0 Å². The first-order valence-corrected chi connectivity index (χ1v) is 11.8. The number of aromatic nitrogens is 2. The number of rotatable bonds is 8. The largest absolute Gasteiger partial charge is 0.492 e. The molecule has 0 radical (unpaired) electrons. The molecule has 178 valence electrons. The van der Waals surface area contributed by atoms with Crippen molar-refractivity contribution in [2.24, 2.45) is 0 Å². The van der Waals surface area contributed by atoms with Gasteiger partial charge in [0, 0.05) is 38.3 Å². The number of carbonyl (C=O) groups is 1. The van der Waals surface area contributed by atoms with Gasteiger partial charge in [-0.3, -0.25) is 4.79 Å². The minimum atomic E-state index is -0.426. The van der Waals surface area contributed by atoms with Crippen molar-refractivity contribution in [2.75, 3.05) is 67.7 Å². The maximum Gasteiger partial charge on any atom is 0.276 e. The third kappa shape index (κ3) is 5.42. The van der Waals surface area contributed by atoms with Gasteiger partial charge in [0.05, 0.1) is 49.0 Å². The van der Waals surface area contributed by atoms with Gasteiger partial charge in [0.25, 0.3) is 5.91 Å². The number of nitrogens with zero attached hydrogens (tertiary/aromatic N) is 4. The average Bonchev–Trinajstić information content (AvgIpc) is 3.37. The molecule has 0 atom stereocenters. The molecule has 1 aromatic heterocycles. The van der Waals surface area contributed by atoms with E-state index < -0.39 is 5.91 Å². The summed E-state index contributed by atoms with van der Waals surface area (Å²) in [6.45, 7) is 9.34. The van der Waals surface area contributed by atoms with Gasteiger partial charge in [-0.25, -0.2) is 9.97 Å². The van der Waals surface area contributed by atoms with Crippen LogP contribution in [0.15, 0.2) is 18.3 Å². The Bertz CT molecular complexity index is 978. The third-order valence-electron chi connectivity index (χ3n) is 5.60. The molecule has 2 aromatic rings. The van der Waals surface area contributed by atoms with Crippen molar-refractivity contribution in [1.29, 1.82) is 0 Å². The van der Waals surface area contributed by atoms with Crippen molar-refractivity contribution in [3.05, 3.63) is 29.0 Å². The number of halogens is 1. The van der Waals surface area contributed by atoms with E-state index in [1.807, 2.05) is 19.9 Å². The Balaban J connectivity index is 1.64. The molecule has 2 fully saturated rings. The first-order valence-electron chi connectivity index (χ1n) is 11.5. The summed E-state index contributed by atoms with van der Waals surface area (Å²) >= 11 is 6.29. The maximum atomic E-state index is 13.2. The molecule has 0 spiro atoms. The quantitative estimate of drug-likeness (QED) is 0.619. The molecule has 0 bridgehead atoms. The number of hydrogen-bond donors (Lipinski definition) is 1. The van der Waals surface area contributed by atoms with Gasteiger partial charge in [-0.1, -0.05) is 11.6 Å². The van der Waals surface area contributed by atoms with Crippen molar-refractivity contribution < 1.29 is 19.0 Å². The molecule has 2 aliphatic rings. The number of morpholine rings is 1. The molecule has 10 heteroatoms. The first-order chi connectivity index (χ1) is 16.1. The van der Waals surface area contributed by atoms with Crippen molar-refractivity contribution in [1.82, 2.24) is 9.97 Å². The predicted molar refractivity (Wildman–Crippen MR) is 128 cm³/mol. The lowest BCUT2D eigenvalue weighted by atomic mass is 10.2. The second-order valence-electron chi connectivity index (χ2n) is 7.80. The summed E-state index contributed by atoms with van der Waals surface area (Å²) in [5.74, 6) is 1.32. The summed E-state index contributed by atoms with van der Waals surface area (Å²) in [5, 5.41) is 3.12. The number of benzene rings is 1. The number of anilines is 3. The zero-order chi connectivity index (χ0) is 23.2. The second kappa shape index (κ2) is 10.9. The highest BCUT2D eigenvalue weighted by molar-refractivity contribution is 6.34. The maximum absolute atomic E-state index is 13.2. The van der Waals surface area contributed by atoms with E-state index in [9.17, 15) is 4.79 Å². The molecule has 9 nitrogen and oxygen atoms in total. The Kier molecular flexibility index (Phi) is 7.72. The fourth-order valence-electron chi connectivity index (χ4n) is 4.01. The molecule has 3 heterocycles. The SMILES string of the molecule is CCOc1cc(N2CCOCC2)c(OCC)cc1NC(=O)c1nc(N2CCCC2)ncc1Cl. The summed E-state index contributed by atoms with van der Waals surface area (Å²) in [5.41, 5.74) is 1.55. The Morgan fingerprint density at radius 3 is 2.45 bits per heavy atom. The Morgan fingerprint density at radius 1 is 1.06 bits per heavy atom. The Morgan fingerprint density at radius 2 is 1.76 bits per heavy atom. The normalized spacial score (nSPS) is 16.1. The average molecular weight is 476 g/mol. The fraction of sp³-hybridized carbons (Fsp3) is 0.522. The summed E-state index contributed by atoms with van der Waals surface area (Å²) in [6, 6.07) is 3.71. The van der Waals surface area contributed by atoms with Gasteiger partial charge in [-0.05, 0) is 26.7 Å². The first kappa shape index (κ1) is 23.4. The topological polar surface area (TPSA) is 89.0 Å². The van der Waals surface area contributed by atoms with E-state index in [-0.39, 0.29) is 10.7 Å². The van der Waals surface area contributed by atoms with Gasteiger partial charge in [-0.2, -0.15) is 0 Å². The monoisotopic (exact) mass is 475 g/mol. The Labute approximate surface area is 199 Å². The van der Waals surface area contributed by atoms with Crippen LogP contribution < -0.4 is 24.6 Å². The van der Waals surface area contributed by atoms with Gasteiger partial charge in [0.1, 0.15) is 11.5 Å². The van der Waals surface area contributed by atoms with Gasteiger partial charge in [-0.15, -0.1) is 0 Å². The minimum Gasteiger partial charge on any atom is -0.492 e. The molecule has 1 aromatic carbocycles. The predicted octanol–water partition coefficient (Wildman–Crippen LogP) is 3.62. The molecule has 2 saturated heterocycles. The van der Waals surface area contributed by atoms with Crippen LogP contribution in [0.4, 0.5) is 17.3 Å². The molecule has 1 amide bonds. The highest BCUT2D eigenvalue weighted by Gasteiger charge is 2.23. The van der Waals surface area contributed by atoms with Gasteiger partial charge in [0.15, 0.2) is 5.69 Å². The highest BCUT2D eigenvalue weighted by Crippen LogP contribution is 2.39. The summed E-state index contributed by atoms with van der Waals surface area (Å²) in [7, 11) is 0. The molecule has 1 N–H and O–H groups in total. The third-order valence-corrected chi connectivity index (χ3v) is 5.87. The lowest BCUT2D eigenvalue weighted by Gasteiger charge is -2.31. The van der Waals surface area contributed by atoms with E-state index in [2.05, 4.69) is 25.1 Å². The molecule has 0 aliphatic carbocycles. The van der Waals surface area contributed by atoms with Crippen LogP contribution in [-0.2, 0) is 4.74 Å². The molecular weight excluding hydrogens is 446 g/mol. The van der Waals surface area contributed by atoms with E-state index in [4.69, 9.17) is 25.8 Å². The van der Waals surface area contributed by atoms with Gasteiger partial charge in [0.2, 0.25) is 5.95 Å². The smallest absolute Gasteiger partial charge is 0.276 e. The van der Waals surface area contributed by atoms with E-state index in [0.717, 1.165) is 44.7 Å². The van der Waals surface area contributed by atoms with Crippen LogP contribution in [-0.4, -0.2) is 68.5 Å². The van der Waals surface area contributed by atoms with Crippen LogP contribution in [0.2, 0.25) is 5.02 Å². The molecule has 0 unspecified atom stereocenters. The minimum absolute atomic E-state index is 0.131. The van der Waals surface area contributed by atoms with Crippen LogP contribution in [0.3, 0.4) is 0 Å². The highest BCUT2D eigenvalue weighted by atomic mass is 35.5. The second-order valence-corrected chi connectivity index (χ2v) is 8.20. The summed E-state index contributed by atoms with van der Waals surface area (Å²) in [6.07, 6.45) is 3.65. The zero-order valence-corrected chi connectivity index (χ0v) is 19.9. The van der Waals surface area contributed by atoms with Crippen LogP contribution >= 0.6 is 11.6 Å². The van der Waals surface area contributed by atoms with Gasteiger partial charge < -0.3 is 29.3 Å². The van der Waals surface area contributed by atoms with Crippen molar-refractivity contribution >= 4 is 34.8 Å². The molecule has 33 heavy (non-hydrogen) atoms. The van der Waals surface area contributed by atoms with Crippen LogP contribution in [0.1, 0.15) is 37.2 Å². The van der Waals surface area contributed by atoms with E-state index >= 15 is 0 Å². The Hall–Kier alpha value is -2.78. The lowest BCUT2D eigenvalue weighted by molar-refractivity contribution is 0.102. The van der Waals surface area contributed by atoms with Crippen molar-refractivity contribution in [3.8, 4) is 11.5 Å². The summed E-state index contributed by atoms with van der Waals surface area (Å²) in [4.78, 5) is 26.2. The van der Waals surface area contributed by atoms with Crippen molar-refractivity contribution in [2.45, 2.75) is 26.7 Å². The molecule has 0 saturated carbocycles. The number of hydrogen-bond acceptors (Lipinski definition) is 8. The van der Waals surface area contributed by atoms with E-state index in [0.29, 0.717) is 49.6 Å². The number of ether oxygens (including phenoxy) is 3. The van der Waals surface area contributed by atoms with Crippen LogP contribution in [0.5, 0.6) is 11.5 Å². The molecule has 2 aliphatic heterocycles. The van der Waals surface area contributed by atoms with Crippen molar-refractivity contribution in [3.63, 3.8) is 0 Å². The lowest BCUT2D eigenvalue weighted by Crippen LogP contribution is -2.36. The molecule has 4 rings (SSSR count). The number of nitrogens with one attached hydrogen (secondary N) is 1. The van der Waals surface area contributed by atoms with E-state index in [1.54, 1.807) is 6.07 Å².